The Morgan fingerprint density at radius 2 is 2.30 bits per heavy atom. The number of nitrogens with zero attached hydrogens (tertiary/aromatic N) is 4. The maximum Gasteiger partial charge on any atom is 0.275 e. The van der Waals surface area contributed by atoms with Crippen LogP contribution in [-0.2, 0) is 13.1 Å². The van der Waals surface area contributed by atoms with Gasteiger partial charge in [0.05, 0.1) is 23.6 Å². The number of hydrogen-bond acceptors (Lipinski definition) is 5. The summed E-state index contributed by atoms with van der Waals surface area (Å²) in [5, 5.41) is 18.4. The molecule has 0 spiro atoms. The van der Waals surface area contributed by atoms with Crippen LogP contribution >= 0.6 is 15.9 Å². The first kappa shape index (κ1) is 14.6. The summed E-state index contributed by atoms with van der Waals surface area (Å²) >= 11 is 3.24. The minimum atomic E-state index is -0.388. The van der Waals surface area contributed by atoms with E-state index in [1.54, 1.807) is 16.8 Å². The molecule has 0 bridgehead atoms. The highest BCUT2D eigenvalue weighted by atomic mass is 79.9. The zero-order valence-corrected chi connectivity index (χ0v) is 12.5. The second kappa shape index (κ2) is 6.58. The molecular weight excluding hydrogens is 326 g/mol. The van der Waals surface area contributed by atoms with Crippen LogP contribution in [0.25, 0.3) is 0 Å². The van der Waals surface area contributed by atoms with E-state index in [-0.39, 0.29) is 10.6 Å². The zero-order valence-electron chi connectivity index (χ0n) is 10.9. The van der Waals surface area contributed by atoms with Gasteiger partial charge in [0.2, 0.25) is 0 Å². The normalized spacial score (nSPS) is 10.7. The molecule has 20 heavy (non-hydrogen) atoms. The van der Waals surface area contributed by atoms with Crippen molar-refractivity contribution < 1.29 is 4.92 Å². The van der Waals surface area contributed by atoms with Crippen LogP contribution in [0.4, 0.5) is 5.69 Å². The molecule has 2 rings (SSSR count). The SMILES string of the molecule is CCNCc1ncnn1Cc1ccc(Br)cc1[N+](=O)[O-]. The van der Waals surface area contributed by atoms with Crippen molar-refractivity contribution in [1.82, 2.24) is 20.1 Å². The average Bonchev–Trinajstić information content (AvgIpc) is 2.85. The number of aromatic nitrogens is 3. The van der Waals surface area contributed by atoms with Gasteiger partial charge in [-0.1, -0.05) is 22.9 Å². The lowest BCUT2D eigenvalue weighted by molar-refractivity contribution is -0.385. The number of rotatable bonds is 6. The van der Waals surface area contributed by atoms with Crippen LogP contribution in [0.1, 0.15) is 18.3 Å². The van der Waals surface area contributed by atoms with Crippen molar-refractivity contribution in [3.8, 4) is 0 Å². The van der Waals surface area contributed by atoms with Gasteiger partial charge in [-0.2, -0.15) is 5.10 Å². The monoisotopic (exact) mass is 339 g/mol. The minimum absolute atomic E-state index is 0.0734. The maximum atomic E-state index is 11.1. The number of benzene rings is 1. The van der Waals surface area contributed by atoms with Crippen molar-refractivity contribution >= 4 is 21.6 Å². The van der Waals surface area contributed by atoms with Crippen LogP contribution in [0.5, 0.6) is 0 Å². The predicted octanol–water partition coefficient (Wildman–Crippen LogP) is 2.11. The van der Waals surface area contributed by atoms with Gasteiger partial charge in [-0.3, -0.25) is 10.1 Å². The average molecular weight is 340 g/mol. The Balaban J connectivity index is 2.26. The van der Waals surface area contributed by atoms with Gasteiger partial charge in [0, 0.05) is 10.5 Å². The van der Waals surface area contributed by atoms with Crippen LogP contribution in [0.2, 0.25) is 0 Å². The summed E-state index contributed by atoms with van der Waals surface area (Å²) in [5.41, 5.74) is 0.672. The van der Waals surface area contributed by atoms with Crippen LogP contribution in [0, 0.1) is 10.1 Å². The fourth-order valence-corrected chi connectivity index (χ4v) is 2.14. The van der Waals surface area contributed by atoms with Crippen LogP contribution in [0.3, 0.4) is 0 Å². The fraction of sp³-hybridized carbons (Fsp3) is 0.333. The molecule has 0 saturated heterocycles. The molecule has 1 aromatic carbocycles. The predicted molar refractivity (Wildman–Crippen MR) is 77.3 cm³/mol. The van der Waals surface area contributed by atoms with Crippen LogP contribution in [-0.4, -0.2) is 26.2 Å². The smallest absolute Gasteiger partial charge is 0.275 e. The molecule has 1 aromatic heterocycles. The Kier molecular flexibility index (Phi) is 4.80. The van der Waals surface area contributed by atoms with Crippen molar-refractivity contribution in [3.05, 3.63) is 50.5 Å². The standard InChI is InChI=1S/C12H14BrN5O2/c1-2-14-6-12-15-8-16-17(12)7-9-3-4-10(13)5-11(9)18(19)20/h3-5,8,14H,2,6-7H2,1H3. The van der Waals surface area contributed by atoms with Crippen LogP contribution < -0.4 is 5.32 Å². The quantitative estimate of drug-likeness (QED) is 0.643. The molecule has 1 N–H and O–H groups in total. The summed E-state index contributed by atoms with van der Waals surface area (Å²) in [6.45, 7) is 3.73. The summed E-state index contributed by atoms with van der Waals surface area (Å²) in [5.74, 6) is 0.754. The Hall–Kier alpha value is -1.80. The molecule has 8 heteroatoms. The first-order chi connectivity index (χ1) is 9.61. The topological polar surface area (TPSA) is 85.9 Å². The summed E-state index contributed by atoms with van der Waals surface area (Å²) in [7, 11) is 0. The molecule has 1 heterocycles. The lowest BCUT2D eigenvalue weighted by atomic mass is 10.2. The van der Waals surface area contributed by atoms with Crippen molar-refractivity contribution in [2.24, 2.45) is 0 Å². The van der Waals surface area contributed by atoms with Gasteiger partial charge in [0.15, 0.2) is 0 Å². The molecule has 7 nitrogen and oxygen atoms in total. The van der Waals surface area contributed by atoms with Gasteiger partial charge in [0.1, 0.15) is 12.2 Å². The fourth-order valence-electron chi connectivity index (χ4n) is 1.80. The highest BCUT2D eigenvalue weighted by Crippen LogP contribution is 2.24. The third-order valence-corrected chi connectivity index (χ3v) is 3.29. The molecule has 0 unspecified atom stereocenters. The van der Waals surface area contributed by atoms with E-state index in [4.69, 9.17) is 0 Å². The molecular formula is C12H14BrN5O2. The molecule has 0 aliphatic rings. The van der Waals surface area contributed by atoms with Crippen molar-refractivity contribution in [2.45, 2.75) is 20.0 Å². The Morgan fingerprint density at radius 1 is 1.50 bits per heavy atom. The summed E-state index contributed by atoms with van der Waals surface area (Å²) in [6.07, 6.45) is 1.46. The second-order valence-electron chi connectivity index (χ2n) is 4.14. The molecule has 0 aliphatic carbocycles. The Labute approximate surface area is 124 Å². The van der Waals surface area contributed by atoms with Gasteiger partial charge >= 0.3 is 0 Å². The largest absolute Gasteiger partial charge is 0.310 e. The first-order valence-electron chi connectivity index (χ1n) is 6.12. The second-order valence-corrected chi connectivity index (χ2v) is 5.06. The summed E-state index contributed by atoms with van der Waals surface area (Å²) in [6, 6.07) is 5.00. The Morgan fingerprint density at radius 3 is 3.00 bits per heavy atom. The van der Waals surface area contributed by atoms with Gasteiger partial charge in [-0.15, -0.1) is 0 Å². The molecule has 106 valence electrons. The van der Waals surface area contributed by atoms with Gasteiger partial charge < -0.3 is 5.32 Å². The molecule has 2 aromatic rings. The van der Waals surface area contributed by atoms with E-state index < -0.39 is 0 Å². The number of nitro benzene ring substituents is 1. The van der Waals surface area contributed by atoms with E-state index in [1.165, 1.54) is 12.4 Å². The third kappa shape index (κ3) is 3.40. The number of nitro groups is 1. The minimum Gasteiger partial charge on any atom is -0.310 e. The molecule has 0 saturated carbocycles. The Bertz CT molecular complexity index is 614. The van der Waals surface area contributed by atoms with Gasteiger partial charge in [-0.05, 0) is 18.7 Å². The van der Waals surface area contributed by atoms with Crippen molar-refractivity contribution in [3.63, 3.8) is 0 Å². The summed E-state index contributed by atoms with van der Waals surface area (Å²) in [4.78, 5) is 14.9. The molecule has 0 atom stereocenters. The molecule has 0 fully saturated rings. The lowest BCUT2D eigenvalue weighted by Crippen LogP contribution is -2.17. The van der Waals surface area contributed by atoms with Crippen molar-refractivity contribution in [2.75, 3.05) is 6.54 Å². The van der Waals surface area contributed by atoms with Crippen LogP contribution in [0.15, 0.2) is 29.0 Å². The van der Waals surface area contributed by atoms with E-state index in [9.17, 15) is 10.1 Å². The number of nitrogens with one attached hydrogen (secondary N) is 1. The van der Waals surface area contributed by atoms with E-state index in [2.05, 4.69) is 31.3 Å². The van der Waals surface area contributed by atoms with Crippen molar-refractivity contribution in [1.29, 1.82) is 0 Å². The molecule has 0 amide bonds. The molecule has 0 radical (unpaired) electrons. The van der Waals surface area contributed by atoms with E-state index in [1.807, 2.05) is 6.92 Å². The highest BCUT2D eigenvalue weighted by Gasteiger charge is 2.16. The van der Waals surface area contributed by atoms with E-state index in [0.717, 1.165) is 12.4 Å². The highest BCUT2D eigenvalue weighted by molar-refractivity contribution is 9.10. The van der Waals surface area contributed by atoms with E-state index in [0.29, 0.717) is 23.1 Å². The maximum absolute atomic E-state index is 11.1. The summed E-state index contributed by atoms with van der Waals surface area (Å²) < 4.78 is 2.35. The third-order valence-electron chi connectivity index (χ3n) is 2.79. The first-order valence-corrected chi connectivity index (χ1v) is 6.91. The number of hydrogen-bond donors (Lipinski definition) is 1. The zero-order chi connectivity index (χ0) is 14.5. The van der Waals surface area contributed by atoms with Gasteiger partial charge in [0.25, 0.3) is 5.69 Å². The van der Waals surface area contributed by atoms with Gasteiger partial charge in [-0.25, -0.2) is 9.67 Å². The molecule has 0 aliphatic heterocycles. The number of halogens is 1. The van der Waals surface area contributed by atoms with E-state index >= 15 is 0 Å². The lowest BCUT2D eigenvalue weighted by Gasteiger charge is -2.07.